The van der Waals surface area contributed by atoms with Gasteiger partial charge in [0.05, 0.1) is 0 Å². The normalized spacial score (nSPS) is 13.9. The van der Waals surface area contributed by atoms with Crippen molar-refractivity contribution in [2.75, 3.05) is 31.9 Å². The second-order valence-corrected chi connectivity index (χ2v) is 3.17. The maximum Gasteiger partial charge on any atom is 0.163 e. The summed E-state index contributed by atoms with van der Waals surface area (Å²) in [4.78, 5) is 1.72. The first kappa shape index (κ1) is 9.15. The summed E-state index contributed by atoms with van der Waals surface area (Å²) in [6.07, 6.45) is 0. The van der Waals surface area contributed by atoms with Crippen molar-refractivity contribution in [3.63, 3.8) is 0 Å². The van der Waals surface area contributed by atoms with Crippen molar-refractivity contribution in [2.45, 2.75) is 0 Å². The largest absolute Gasteiger partial charge is 0.486 e. The minimum Gasteiger partial charge on any atom is -0.486 e. The molecule has 2 rings (SSSR count). The molecule has 14 heavy (non-hydrogen) atoms. The molecule has 4 nitrogen and oxygen atoms in total. The zero-order valence-corrected chi connectivity index (χ0v) is 8.06. The fraction of sp³-hybridized carbons (Fsp3) is 0.400. The Hall–Kier alpha value is -1.42. The molecule has 4 heteroatoms. The van der Waals surface area contributed by atoms with Crippen LogP contribution in [0.3, 0.4) is 0 Å². The minimum atomic E-state index is -0.0142. The number of rotatable bonds is 2. The lowest BCUT2D eigenvalue weighted by atomic mass is 10.2. The summed E-state index contributed by atoms with van der Waals surface area (Å²) < 4.78 is 10.8. The van der Waals surface area contributed by atoms with E-state index in [2.05, 4.69) is 0 Å². The monoisotopic (exact) mass is 195 g/mol. The number of fused-ring (bicyclic) bond motifs is 1. The van der Waals surface area contributed by atoms with Crippen molar-refractivity contribution in [1.82, 2.24) is 0 Å². The summed E-state index contributed by atoms with van der Waals surface area (Å²) >= 11 is 0. The average molecular weight is 195 g/mol. The van der Waals surface area contributed by atoms with E-state index >= 15 is 0 Å². The van der Waals surface area contributed by atoms with E-state index in [1.807, 2.05) is 25.2 Å². The van der Waals surface area contributed by atoms with Crippen molar-refractivity contribution in [1.29, 1.82) is 0 Å². The molecule has 0 atom stereocenters. The second-order valence-electron chi connectivity index (χ2n) is 3.17. The first-order valence-electron chi connectivity index (χ1n) is 4.53. The Morgan fingerprint density at radius 1 is 1.29 bits per heavy atom. The fourth-order valence-electron chi connectivity index (χ4n) is 1.35. The topological polar surface area (TPSA) is 41.9 Å². The van der Waals surface area contributed by atoms with E-state index in [-0.39, 0.29) is 6.73 Å². The van der Waals surface area contributed by atoms with Crippen molar-refractivity contribution in [2.24, 2.45) is 0 Å². The molecule has 0 spiro atoms. The van der Waals surface area contributed by atoms with Gasteiger partial charge in [-0.25, -0.2) is 0 Å². The minimum absolute atomic E-state index is 0.0142. The zero-order chi connectivity index (χ0) is 9.97. The maximum atomic E-state index is 8.95. The standard InChI is InChI=1S/C10H13NO3/c1-11(7-12)8-2-3-9-10(6-8)14-5-4-13-9/h2-3,6,12H,4-5,7H2,1H3. The van der Waals surface area contributed by atoms with Crippen LogP contribution < -0.4 is 14.4 Å². The van der Waals surface area contributed by atoms with Crippen molar-refractivity contribution >= 4 is 5.69 Å². The van der Waals surface area contributed by atoms with Gasteiger partial charge in [0.2, 0.25) is 0 Å². The second kappa shape index (κ2) is 3.75. The number of aliphatic hydroxyl groups is 1. The molecular formula is C10H13NO3. The quantitative estimate of drug-likeness (QED) is 0.710. The van der Waals surface area contributed by atoms with E-state index in [4.69, 9.17) is 14.6 Å². The zero-order valence-electron chi connectivity index (χ0n) is 8.06. The van der Waals surface area contributed by atoms with Crippen molar-refractivity contribution in [3.8, 4) is 11.5 Å². The van der Waals surface area contributed by atoms with Crippen LogP contribution in [0.15, 0.2) is 18.2 Å². The van der Waals surface area contributed by atoms with Crippen LogP contribution in [-0.4, -0.2) is 32.1 Å². The van der Waals surface area contributed by atoms with Gasteiger partial charge in [0.25, 0.3) is 0 Å². The SMILES string of the molecule is CN(CO)c1ccc2c(c1)OCCO2. The van der Waals surface area contributed by atoms with E-state index in [0.717, 1.165) is 17.2 Å². The molecule has 1 aromatic rings. The number of aliphatic hydroxyl groups excluding tert-OH is 1. The lowest BCUT2D eigenvalue weighted by Gasteiger charge is -2.21. The van der Waals surface area contributed by atoms with Crippen molar-refractivity contribution in [3.05, 3.63) is 18.2 Å². The molecule has 1 N–H and O–H groups in total. The number of hydrogen-bond acceptors (Lipinski definition) is 4. The molecule has 0 unspecified atom stereocenters. The van der Waals surface area contributed by atoms with Gasteiger partial charge in [-0.15, -0.1) is 0 Å². The van der Waals surface area contributed by atoms with Gasteiger partial charge in [-0.2, -0.15) is 0 Å². The third-order valence-corrected chi connectivity index (χ3v) is 2.18. The molecule has 1 aromatic carbocycles. The first-order valence-corrected chi connectivity index (χ1v) is 4.53. The van der Waals surface area contributed by atoms with Crippen LogP contribution in [0.5, 0.6) is 11.5 Å². The predicted molar refractivity (Wildman–Crippen MR) is 52.9 cm³/mol. The predicted octanol–water partition coefficient (Wildman–Crippen LogP) is 0.844. The number of anilines is 1. The van der Waals surface area contributed by atoms with Gasteiger partial charge in [0, 0.05) is 18.8 Å². The number of ether oxygens (including phenoxy) is 2. The molecule has 76 valence electrons. The third kappa shape index (κ3) is 1.61. The molecule has 0 bridgehead atoms. The van der Waals surface area contributed by atoms with E-state index in [1.54, 1.807) is 4.90 Å². The highest BCUT2D eigenvalue weighted by molar-refractivity contribution is 5.56. The van der Waals surface area contributed by atoms with Crippen LogP contribution >= 0.6 is 0 Å². The maximum absolute atomic E-state index is 8.95. The van der Waals surface area contributed by atoms with Gasteiger partial charge >= 0.3 is 0 Å². The Morgan fingerprint density at radius 2 is 2.00 bits per heavy atom. The molecule has 0 saturated carbocycles. The Labute approximate surface area is 82.7 Å². The summed E-state index contributed by atoms with van der Waals surface area (Å²) in [5, 5.41) is 8.95. The molecule has 0 aromatic heterocycles. The molecule has 0 saturated heterocycles. The summed E-state index contributed by atoms with van der Waals surface area (Å²) in [6.45, 7) is 1.17. The van der Waals surface area contributed by atoms with Crippen LogP contribution in [0.2, 0.25) is 0 Å². The smallest absolute Gasteiger partial charge is 0.163 e. The highest BCUT2D eigenvalue weighted by Crippen LogP contribution is 2.33. The van der Waals surface area contributed by atoms with Crippen LogP contribution in [0, 0.1) is 0 Å². The molecule has 0 amide bonds. The first-order chi connectivity index (χ1) is 6.81. The summed E-state index contributed by atoms with van der Waals surface area (Å²) in [7, 11) is 1.81. The lowest BCUT2D eigenvalue weighted by molar-refractivity contribution is 0.171. The highest BCUT2D eigenvalue weighted by Gasteiger charge is 2.12. The Kier molecular flexibility index (Phi) is 2.45. The van der Waals surface area contributed by atoms with E-state index < -0.39 is 0 Å². The average Bonchev–Trinajstić information content (AvgIpc) is 2.27. The molecular weight excluding hydrogens is 182 g/mol. The molecule has 1 aliphatic heterocycles. The number of hydrogen-bond donors (Lipinski definition) is 1. The Bertz CT molecular complexity index is 327. The number of nitrogens with zero attached hydrogens (tertiary/aromatic N) is 1. The van der Waals surface area contributed by atoms with Gasteiger partial charge in [-0.05, 0) is 12.1 Å². The Balaban J connectivity index is 2.29. The summed E-state index contributed by atoms with van der Waals surface area (Å²) in [5.41, 5.74) is 0.914. The molecule has 0 aliphatic carbocycles. The van der Waals surface area contributed by atoms with Crippen LogP contribution in [0.4, 0.5) is 5.69 Å². The summed E-state index contributed by atoms with van der Waals surface area (Å²) in [6, 6.07) is 5.62. The van der Waals surface area contributed by atoms with E-state index in [0.29, 0.717) is 13.2 Å². The van der Waals surface area contributed by atoms with Crippen LogP contribution in [0.25, 0.3) is 0 Å². The van der Waals surface area contributed by atoms with Gasteiger partial charge in [-0.1, -0.05) is 0 Å². The molecule has 0 fully saturated rings. The summed E-state index contributed by atoms with van der Waals surface area (Å²) in [5.74, 6) is 1.51. The van der Waals surface area contributed by atoms with Gasteiger partial charge in [-0.3, -0.25) is 0 Å². The Morgan fingerprint density at radius 3 is 2.71 bits per heavy atom. The van der Waals surface area contributed by atoms with E-state index in [9.17, 15) is 0 Å². The van der Waals surface area contributed by atoms with Crippen molar-refractivity contribution < 1.29 is 14.6 Å². The molecule has 1 aliphatic rings. The fourth-order valence-corrected chi connectivity index (χ4v) is 1.35. The van der Waals surface area contributed by atoms with Crippen LogP contribution in [-0.2, 0) is 0 Å². The van der Waals surface area contributed by atoms with E-state index in [1.165, 1.54) is 0 Å². The third-order valence-electron chi connectivity index (χ3n) is 2.18. The van der Waals surface area contributed by atoms with Gasteiger partial charge in [0.1, 0.15) is 19.9 Å². The van der Waals surface area contributed by atoms with Crippen LogP contribution in [0.1, 0.15) is 0 Å². The lowest BCUT2D eigenvalue weighted by Crippen LogP contribution is -2.19. The van der Waals surface area contributed by atoms with Gasteiger partial charge < -0.3 is 19.5 Å². The molecule has 0 radical (unpaired) electrons. The highest BCUT2D eigenvalue weighted by atomic mass is 16.6. The molecule has 1 heterocycles. The van der Waals surface area contributed by atoms with Gasteiger partial charge in [0.15, 0.2) is 11.5 Å². The number of benzene rings is 1.